The summed E-state index contributed by atoms with van der Waals surface area (Å²) in [5.41, 5.74) is 1.93. The molecule has 0 bridgehead atoms. The molecule has 0 N–H and O–H groups in total. The number of fused-ring (bicyclic) bond motifs is 1. The van der Waals surface area contributed by atoms with Crippen molar-refractivity contribution in [3.63, 3.8) is 0 Å². The third-order valence-electron chi connectivity index (χ3n) is 5.21. The predicted molar refractivity (Wildman–Crippen MR) is 100 cm³/mol. The number of aromatic nitrogens is 6. The normalized spacial score (nSPS) is 17.2. The molecule has 0 aliphatic carbocycles. The average molecular weight is 353 g/mol. The van der Waals surface area contributed by atoms with Gasteiger partial charge in [0.2, 0.25) is 0 Å². The molecular formula is C19H27N7. The molecule has 0 aromatic carbocycles. The van der Waals surface area contributed by atoms with Gasteiger partial charge >= 0.3 is 0 Å². The van der Waals surface area contributed by atoms with Gasteiger partial charge in [0.1, 0.15) is 0 Å². The highest BCUT2D eigenvalue weighted by atomic mass is 15.4. The molecule has 3 aromatic heterocycles. The molecule has 3 aromatic rings. The Morgan fingerprint density at radius 2 is 1.88 bits per heavy atom. The minimum atomic E-state index is 0.0194. The summed E-state index contributed by atoms with van der Waals surface area (Å²) < 4.78 is 3.96. The number of rotatable bonds is 4. The van der Waals surface area contributed by atoms with Gasteiger partial charge in [-0.1, -0.05) is 20.8 Å². The van der Waals surface area contributed by atoms with Gasteiger partial charge in [0, 0.05) is 30.3 Å². The van der Waals surface area contributed by atoms with Crippen LogP contribution in [-0.4, -0.2) is 54.1 Å². The lowest BCUT2D eigenvalue weighted by Crippen LogP contribution is -2.35. The van der Waals surface area contributed by atoms with Gasteiger partial charge in [-0.25, -0.2) is 0 Å². The van der Waals surface area contributed by atoms with Gasteiger partial charge in [0.25, 0.3) is 0 Å². The Kier molecular flexibility index (Phi) is 4.48. The highest BCUT2D eigenvalue weighted by Crippen LogP contribution is 2.27. The van der Waals surface area contributed by atoms with Crippen LogP contribution in [-0.2, 0) is 12.0 Å². The van der Waals surface area contributed by atoms with Crippen LogP contribution in [0, 0.1) is 0 Å². The lowest BCUT2D eigenvalue weighted by Gasteiger charge is -2.31. The van der Waals surface area contributed by atoms with E-state index in [1.807, 2.05) is 33.7 Å². The molecule has 7 nitrogen and oxygen atoms in total. The molecule has 0 radical (unpaired) electrons. The lowest BCUT2D eigenvalue weighted by atomic mass is 9.92. The Bertz CT molecular complexity index is 852. The monoisotopic (exact) mass is 353 g/mol. The second-order valence-corrected chi connectivity index (χ2v) is 8.18. The summed E-state index contributed by atoms with van der Waals surface area (Å²) in [5.74, 6) is 1.44. The molecule has 4 rings (SSSR count). The van der Waals surface area contributed by atoms with Crippen molar-refractivity contribution in [3.05, 3.63) is 42.1 Å². The maximum absolute atomic E-state index is 4.84. The number of nitrogens with zero attached hydrogens (tertiary/aromatic N) is 7. The minimum Gasteiger partial charge on any atom is -0.301 e. The summed E-state index contributed by atoms with van der Waals surface area (Å²) in [4.78, 5) is 2.51. The van der Waals surface area contributed by atoms with Gasteiger partial charge in [0.05, 0.1) is 12.2 Å². The van der Waals surface area contributed by atoms with Gasteiger partial charge in [-0.3, -0.25) is 4.68 Å². The Morgan fingerprint density at radius 1 is 1.08 bits per heavy atom. The Morgan fingerprint density at radius 3 is 2.58 bits per heavy atom. The zero-order valence-electron chi connectivity index (χ0n) is 15.8. The first kappa shape index (κ1) is 17.1. The van der Waals surface area contributed by atoms with Crippen LogP contribution in [0.15, 0.2) is 30.6 Å². The molecule has 0 amide bonds. The van der Waals surface area contributed by atoms with E-state index in [2.05, 4.69) is 47.0 Å². The third kappa shape index (κ3) is 3.49. The molecular weight excluding hydrogens is 326 g/mol. The van der Waals surface area contributed by atoms with Crippen molar-refractivity contribution in [1.82, 2.24) is 34.5 Å². The highest BCUT2D eigenvalue weighted by Gasteiger charge is 2.26. The number of likely N-dealkylation sites (tertiary alicyclic amines) is 1. The molecule has 0 saturated carbocycles. The summed E-state index contributed by atoms with van der Waals surface area (Å²) in [6.07, 6.45) is 6.05. The molecule has 0 unspecified atom stereocenters. The van der Waals surface area contributed by atoms with Crippen LogP contribution in [0.2, 0.25) is 0 Å². The molecule has 1 fully saturated rings. The summed E-state index contributed by atoms with van der Waals surface area (Å²) in [7, 11) is 0. The first-order valence-electron chi connectivity index (χ1n) is 9.43. The fourth-order valence-corrected chi connectivity index (χ4v) is 3.55. The number of hydrogen-bond acceptors (Lipinski definition) is 5. The van der Waals surface area contributed by atoms with E-state index < -0.39 is 0 Å². The van der Waals surface area contributed by atoms with E-state index in [4.69, 9.17) is 5.10 Å². The third-order valence-corrected chi connectivity index (χ3v) is 5.21. The van der Waals surface area contributed by atoms with Crippen molar-refractivity contribution in [2.24, 2.45) is 0 Å². The number of piperidine rings is 1. The first-order chi connectivity index (χ1) is 12.5. The van der Waals surface area contributed by atoms with Crippen molar-refractivity contribution in [2.45, 2.75) is 51.5 Å². The maximum Gasteiger partial charge on any atom is 0.177 e. The van der Waals surface area contributed by atoms with Crippen molar-refractivity contribution in [3.8, 4) is 0 Å². The molecule has 0 atom stereocenters. The van der Waals surface area contributed by atoms with E-state index in [1.54, 1.807) is 0 Å². The molecule has 1 saturated heterocycles. The summed E-state index contributed by atoms with van der Waals surface area (Å²) in [6, 6.07) is 6.07. The highest BCUT2D eigenvalue weighted by molar-refractivity contribution is 5.37. The van der Waals surface area contributed by atoms with Crippen LogP contribution in [0.25, 0.3) is 5.65 Å². The van der Waals surface area contributed by atoms with Crippen LogP contribution in [0.3, 0.4) is 0 Å². The SMILES string of the molecule is CC(C)(C)c1ccc2nnc(C3CCN(CCn4cccn4)CC3)n2n1. The van der Waals surface area contributed by atoms with E-state index in [0.717, 1.165) is 56.2 Å². The van der Waals surface area contributed by atoms with E-state index in [-0.39, 0.29) is 5.41 Å². The summed E-state index contributed by atoms with van der Waals surface area (Å²) in [5, 5.41) is 17.9. The van der Waals surface area contributed by atoms with Gasteiger partial charge in [-0.2, -0.15) is 14.7 Å². The second kappa shape index (κ2) is 6.79. The average Bonchev–Trinajstić information content (AvgIpc) is 3.29. The van der Waals surface area contributed by atoms with Crippen molar-refractivity contribution >= 4 is 5.65 Å². The largest absolute Gasteiger partial charge is 0.301 e. The summed E-state index contributed by atoms with van der Waals surface area (Å²) in [6.45, 7) is 10.7. The minimum absolute atomic E-state index is 0.0194. The van der Waals surface area contributed by atoms with E-state index >= 15 is 0 Å². The van der Waals surface area contributed by atoms with Gasteiger partial charge in [0.15, 0.2) is 11.5 Å². The van der Waals surface area contributed by atoms with Crippen LogP contribution >= 0.6 is 0 Å². The van der Waals surface area contributed by atoms with Crippen molar-refractivity contribution in [2.75, 3.05) is 19.6 Å². The van der Waals surface area contributed by atoms with E-state index in [9.17, 15) is 0 Å². The topological polar surface area (TPSA) is 64.1 Å². The zero-order chi connectivity index (χ0) is 18.1. The molecule has 0 spiro atoms. The molecule has 7 heteroatoms. The zero-order valence-corrected chi connectivity index (χ0v) is 15.8. The first-order valence-corrected chi connectivity index (χ1v) is 9.43. The van der Waals surface area contributed by atoms with E-state index in [1.165, 1.54) is 0 Å². The van der Waals surface area contributed by atoms with Gasteiger partial charge in [-0.05, 0) is 44.1 Å². The van der Waals surface area contributed by atoms with Gasteiger partial charge in [-0.15, -0.1) is 10.2 Å². The Hall–Kier alpha value is -2.28. The molecule has 1 aliphatic heterocycles. The predicted octanol–water partition coefficient (Wildman–Crippen LogP) is 2.50. The Labute approximate surface area is 154 Å². The molecule has 1 aliphatic rings. The molecule has 26 heavy (non-hydrogen) atoms. The quantitative estimate of drug-likeness (QED) is 0.721. The molecule has 4 heterocycles. The number of hydrogen-bond donors (Lipinski definition) is 0. The fourth-order valence-electron chi connectivity index (χ4n) is 3.55. The van der Waals surface area contributed by atoms with Crippen LogP contribution < -0.4 is 0 Å². The Balaban J connectivity index is 1.44. The van der Waals surface area contributed by atoms with Crippen LogP contribution in [0.1, 0.15) is 51.0 Å². The summed E-state index contributed by atoms with van der Waals surface area (Å²) >= 11 is 0. The van der Waals surface area contributed by atoms with Crippen LogP contribution in [0.5, 0.6) is 0 Å². The maximum atomic E-state index is 4.84. The second-order valence-electron chi connectivity index (χ2n) is 8.18. The van der Waals surface area contributed by atoms with Crippen LogP contribution in [0.4, 0.5) is 0 Å². The van der Waals surface area contributed by atoms with Gasteiger partial charge < -0.3 is 4.90 Å². The lowest BCUT2D eigenvalue weighted by molar-refractivity contribution is 0.199. The van der Waals surface area contributed by atoms with Crippen molar-refractivity contribution in [1.29, 1.82) is 0 Å². The standard InChI is InChI=1S/C19H27N7/c1-19(2,3)16-5-6-17-21-22-18(26(17)23-16)15-7-11-24(12-8-15)13-14-25-10-4-9-20-25/h4-6,9-10,15H,7-8,11-14H2,1-3H3. The smallest absolute Gasteiger partial charge is 0.177 e. The molecule has 138 valence electrons. The fraction of sp³-hybridized carbons (Fsp3) is 0.579. The van der Waals surface area contributed by atoms with Crippen molar-refractivity contribution < 1.29 is 0 Å². The van der Waals surface area contributed by atoms with E-state index in [0.29, 0.717) is 5.92 Å².